The Morgan fingerprint density at radius 3 is 2.59 bits per heavy atom. The third-order valence-corrected chi connectivity index (χ3v) is 4.90. The maximum absolute atomic E-state index is 12.4. The number of rotatable bonds is 4. The van der Waals surface area contributed by atoms with E-state index in [9.17, 15) is 9.59 Å². The standard InChI is InChI=1S/C18H12Cl2N2O4S/c1-25-13-7-9(8-14-16(23)22-18(21)27-14)6-12(20)15(13)26-17(24)10-4-2-3-5-11(10)19/h2-8H,1H3,(H2,21,22,23). The lowest BCUT2D eigenvalue weighted by molar-refractivity contribution is -0.113. The monoisotopic (exact) mass is 422 g/mol. The summed E-state index contributed by atoms with van der Waals surface area (Å²) in [7, 11) is 1.41. The number of amides is 1. The summed E-state index contributed by atoms with van der Waals surface area (Å²) in [6, 6.07) is 9.60. The number of hydrogen-bond donors (Lipinski definition) is 1. The molecule has 1 amide bonds. The van der Waals surface area contributed by atoms with E-state index in [2.05, 4.69) is 4.99 Å². The molecule has 1 aliphatic heterocycles. The maximum atomic E-state index is 12.4. The number of halogens is 2. The van der Waals surface area contributed by atoms with Crippen molar-refractivity contribution in [2.45, 2.75) is 0 Å². The van der Waals surface area contributed by atoms with Crippen LogP contribution < -0.4 is 15.2 Å². The second-order valence-electron chi connectivity index (χ2n) is 5.27. The van der Waals surface area contributed by atoms with E-state index in [-0.39, 0.29) is 32.3 Å². The van der Waals surface area contributed by atoms with Crippen molar-refractivity contribution < 1.29 is 19.1 Å². The van der Waals surface area contributed by atoms with E-state index in [4.69, 9.17) is 38.4 Å². The highest BCUT2D eigenvalue weighted by molar-refractivity contribution is 8.18. The molecule has 0 fully saturated rings. The van der Waals surface area contributed by atoms with E-state index in [1.807, 2.05) is 0 Å². The molecule has 0 saturated heterocycles. The predicted octanol–water partition coefficient (Wildman–Crippen LogP) is 4.15. The summed E-state index contributed by atoms with van der Waals surface area (Å²) in [5.41, 5.74) is 6.30. The zero-order chi connectivity index (χ0) is 19.6. The first-order chi connectivity index (χ1) is 12.9. The summed E-state index contributed by atoms with van der Waals surface area (Å²) < 4.78 is 10.7. The third kappa shape index (κ3) is 4.27. The average Bonchev–Trinajstić information content (AvgIpc) is 2.94. The summed E-state index contributed by atoms with van der Waals surface area (Å²) in [6.45, 7) is 0. The summed E-state index contributed by atoms with van der Waals surface area (Å²) in [5.74, 6) is -0.831. The number of benzene rings is 2. The molecule has 0 bridgehead atoms. The van der Waals surface area contributed by atoms with Gasteiger partial charge in [-0.2, -0.15) is 4.99 Å². The van der Waals surface area contributed by atoms with Crippen LogP contribution in [0.25, 0.3) is 6.08 Å². The minimum atomic E-state index is -0.672. The second kappa shape index (κ2) is 8.04. The van der Waals surface area contributed by atoms with E-state index in [1.165, 1.54) is 19.2 Å². The number of methoxy groups -OCH3 is 1. The van der Waals surface area contributed by atoms with Crippen LogP contribution in [0.1, 0.15) is 15.9 Å². The molecule has 9 heteroatoms. The van der Waals surface area contributed by atoms with Crippen molar-refractivity contribution in [2.75, 3.05) is 7.11 Å². The van der Waals surface area contributed by atoms with Crippen LogP contribution in [-0.2, 0) is 4.79 Å². The first-order valence-electron chi connectivity index (χ1n) is 7.51. The Balaban J connectivity index is 1.91. The molecule has 138 valence electrons. The van der Waals surface area contributed by atoms with Gasteiger partial charge in [0.2, 0.25) is 0 Å². The first kappa shape index (κ1) is 19.3. The fraction of sp³-hybridized carbons (Fsp3) is 0.0556. The van der Waals surface area contributed by atoms with Gasteiger partial charge in [-0.05, 0) is 47.7 Å². The molecule has 0 spiro atoms. The number of hydrogen-bond acceptors (Lipinski definition) is 6. The van der Waals surface area contributed by atoms with Crippen molar-refractivity contribution in [3.8, 4) is 11.5 Å². The van der Waals surface area contributed by atoms with Crippen LogP contribution in [-0.4, -0.2) is 24.2 Å². The van der Waals surface area contributed by atoms with E-state index in [0.29, 0.717) is 10.5 Å². The van der Waals surface area contributed by atoms with Gasteiger partial charge >= 0.3 is 5.97 Å². The molecular weight excluding hydrogens is 411 g/mol. The molecule has 2 N–H and O–H groups in total. The van der Waals surface area contributed by atoms with Gasteiger partial charge in [-0.3, -0.25) is 4.79 Å². The van der Waals surface area contributed by atoms with E-state index in [1.54, 1.807) is 30.3 Å². The molecule has 0 aliphatic carbocycles. The zero-order valence-corrected chi connectivity index (χ0v) is 16.2. The van der Waals surface area contributed by atoms with Crippen molar-refractivity contribution in [3.05, 3.63) is 62.5 Å². The van der Waals surface area contributed by atoms with Crippen LogP contribution >= 0.6 is 35.0 Å². The van der Waals surface area contributed by atoms with E-state index < -0.39 is 11.9 Å². The van der Waals surface area contributed by atoms with Crippen molar-refractivity contribution in [1.29, 1.82) is 0 Å². The van der Waals surface area contributed by atoms with Crippen LogP contribution in [0.3, 0.4) is 0 Å². The van der Waals surface area contributed by atoms with Gasteiger partial charge in [0.1, 0.15) is 0 Å². The lowest BCUT2D eigenvalue weighted by atomic mass is 10.1. The molecule has 0 aromatic heterocycles. The van der Waals surface area contributed by atoms with Crippen molar-refractivity contribution in [3.63, 3.8) is 0 Å². The number of thioether (sulfide) groups is 1. The van der Waals surface area contributed by atoms with Crippen LogP contribution in [0.4, 0.5) is 0 Å². The molecule has 1 aliphatic rings. The minimum absolute atomic E-state index is 0.0485. The van der Waals surface area contributed by atoms with Crippen molar-refractivity contribution in [1.82, 2.24) is 0 Å². The Morgan fingerprint density at radius 2 is 1.96 bits per heavy atom. The summed E-state index contributed by atoms with van der Waals surface area (Å²) in [5, 5.41) is 0.564. The molecule has 0 saturated carbocycles. The van der Waals surface area contributed by atoms with Gasteiger partial charge in [-0.1, -0.05) is 35.3 Å². The highest BCUT2D eigenvalue weighted by Crippen LogP contribution is 2.38. The minimum Gasteiger partial charge on any atom is -0.493 e. The highest BCUT2D eigenvalue weighted by atomic mass is 35.5. The third-order valence-electron chi connectivity index (χ3n) is 3.48. The van der Waals surface area contributed by atoms with Crippen LogP contribution in [0.5, 0.6) is 11.5 Å². The molecule has 0 unspecified atom stereocenters. The number of nitrogens with two attached hydrogens (primary N) is 1. The fourth-order valence-corrected chi connectivity index (χ4v) is 3.43. The lowest BCUT2D eigenvalue weighted by Crippen LogP contribution is -2.10. The fourth-order valence-electron chi connectivity index (χ4n) is 2.27. The van der Waals surface area contributed by atoms with E-state index in [0.717, 1.165) is 11.8 Å². The molecule has 6 nitrogen and oxygen atoms in total. The lowest BCUT2D eigenvalue weighted by Gasteiger charge is -2.12. The summed E-state index contributed by atoms with van der Waals surface area (Å²) in [6.07, 6.45) is 1.57. The van der Waals surface area contributed by atoms with Gasteiger partial charge in [0.15, 0.2) is 16.7 Å². The highest BCUT2D eigenvalue weighted by Gasteiger charge is 2.22. The number of ether oxygens (including phenoxy) is 2. The number of nitrogens with zero attached hydrogens (tertiary/aromatic N) is 1. The maximum Gasteiger partial charge on any atom is 0.345 e. The molecule has 2 aromatic rings. The smallest absolute Gasteiger partial charge is 0.345 e. The Morgan fingerprint density at radius 1 is 1.22 bits per heavy atom. The second-order valence-corrected chi connectivity index (χ2v) is 7.15. The van der Waals surface area contributed by atoms with Crippen LogP contribution in [0.15, 0.2) is 46.3 Å². The number of amidine groups is 1. The van der Waals surface area contributed by atoms with Gasteiger partial charge < -0.3 is 15.2 Å². The summed E-state index contributed by atoms with van der Waals surface area (Å²) in [4.78, 5) is 28.1. The molecule has 3 rings (SSSR count). The van der Waals surface area contributed by atoms with Gasteiger partial charge in [0.25, 0.3) is 5.91 Å². The number of aliphatic imine (C=N–C) groups is 1. The zero-order valence-electron chi connectivity index (χ0n) is 13.9. The van der Waals surface area contributed by atoms with Gasteiger partial charge in [0.05, 0.1) is 27.6 Å². The molecule has 1 heterocycles. The Hall–Kier alpha value is -2.48. The van der Waals surface area contributed by atoms with Crippen LogP contribution in [0.2, 0.25) is 10.0 Å². The quantitative estimate of drug-likeness (QED) is 0.451. The molecule has 0 atom stereocenters. The van der Waals surface area contributed by atoms with E-state index >= 15 is 0 Å². The van der Waals surface area contributed by atoms with Crippen molar-refractivity contribution in [2.24, 2.45) is 10.7 Å². The first-order valence-corrected chi connectivity index (χ1v) is 9.08. The Kier molecular flexibility index (Phi) is 5.74. The topological polar surface area (TPSA) is 91.0 Å². The number of carbonyl (C=O) groups excluding carboxylic acids is 2. The number of esters is 1. The van der Waals surface area contributed by atoms with Gasteiger partial charge in [-0.25, -0.2) is 4.79 Å². The SMILES string of the molecule is COc1cc(C=C2SC(N)=NC2=O)cc(Cl)c1OC(=O)c1ccccc1Cl. The molecular formula is C18H12Cl2N2O4S. The Bertz CT molecular complexity index is 1000. The van der Waals surface area contributed by atoms with Crippen molar-refractivity contribution >= 4 is 58.1 Å². The van der Waals surface area contributed by atoms with Gasteiger partial charge in [-0.15, -0.1) is 0 Å². The Labute approximate surface area is 168 Å². The molecule has 0 radical (unpaired) electrons. The van der Waals surface area contributed by atoms with Gasteiger partial charge in [0, 0.05) is 0 Å². The molecule has 27 heavy (non-hydrogen) atoms. The molecule has 2 aromatic carbocycles. The largest absolute Gasteiger partial charge is 0.493 e. The van der Waals surface area contributed by atoms with Crippen LogP contribution in [0, 0.1) is 0 Å². The number of carbonyl (C=O) groups is 2. The average molecular weight is 423 g/mol. The normalized spacial score (nSPS) is 15.0. The predicted molar refractivity (Wildman–Crippen MR) is 107 cm³/mol. The summed E-state index contributed by atoms with van der Waals surface area (Å²) >= 11 is 13.3.